The maximum Gasteiger partial charge on any atom is 0.234 e. The Labute approximate surface area is 84.7 Å². The summed E-state index contributed by atoms with van der Waals surface area (Å²) in [6.07, 6.45) is 0.584. The van der Waals surface area contributed by atoms with Gasteiger partial charge >= 0.3 is 0 Å². The van der Waals surface area contributed by atoms with E-state index >= 15 is 0 Å². The number of nitrogens with zero attached hydrogens (tertiary/aromatic N) is 1. The Morgan fingerprint density at radius 1 is 1.64 bits per heavy atom. The standard InChI is InChI=1S/C10H18N2O2/c1-3-11-10(14)7-12-5-4-9(13)8(2)6-12/h8H,3-7H2,1-2H3,(H,11,14). The molecule has 4 heteroatoms. The molecule has 1 amide bonds. The van der Waals surface area contributed by atoms with Crippen LogP contribution in [0.4, 0.5) is 0 Å². The first-order valence-corrected chi connectivity index (χ1v) is 5.15. The molecule has 14 heavy (non-hydrogen) atoms. The molecule has 0 radical (unpaired) electrons. The first-order chi connectivity index (χ1) is 6.63. The number of carbonyl (C=O) groups is 2. The molecular weight excluding hydrogens is 180 g/mol. The molecule has 1 heterocycles. The second kappa shape index (κ2) is 5.10. The van der Waals surface area contributed by atoms with E-state index in [-0.39, 0.29) is 11.8 Å². The molecule has 0 bridgehead atoms. The van der Waals surface area contributed by atoms with Crippen molar-refractivity contribution in [1.29, 1.82) is 0 Å². The molecule has 1 unspecified atom stereocenters. The van der Waals surface area contributed by atoms with Crippen LogP contribution in [0.2, 0.25) is 0 Å². The van der Waals surface area contributed by atoms with E-state index in [1.807, 2.05) is 18.7 Å². The number of hydrogen-bond acceptors (Lipinski definition) is 3. The second-order valence-electron chi connectivity index (χ2n) is 3.81. The summed E-state index contributed by atoms with van der Waals surface area (Å²) < 4.78 is 0. The Morgan fingerprint density at radius 3 is 2.93 bits per heavy atom. The fourth-order valence-electron chi connectivity index (χ4n) is 1.69. The second-order valence-corrected chi connectivity index (χ2v) is 3.81. The quantitative estimate of drug-likeness (QED) is 0.696. The number of piperidine rings is 1. The minimum absolute atomic E-state index is 0.0500. The van der Waals surface area contributed by atoms with Gasteiger partial charge in [0.05, 0.1) is 6.54 Å². The first kappa shape index (κ1) is 11.2. The molecule has 0 saturated carbocycles. The lowest BCUT2D eigenvalue weighted by Gasteiger charge is -2.29. The molecule has 4 nitrogen and oxygen atoms in total. The van der Waals surface area contributed by atoms with Crippen molar-refractivity contribution < 1.29 is 9.59 Å². The third kappa shape index (κ3) is 3.10. The molecule has 1 fully saturated rings. The van der Waals surface area contributed by atoms with Crippen LogP contribution in [0.25, 0.3) is 0 Å². The summed E-state index contributed by atoms with van der Waals surface area (Å²) in [5.74, 6) is 0.448. The van der Waals surface area contributed by atoms with E-state index in [0.717, 1.165) is 13.1 Å². The monoisotopic (exact) mass is 198 g/mol. The van der Waals surface area contributed by atoms with Crippen molar-refractivity contribution >= 4 is 11.7 Å². The number of ketones is 1. The van der Waals surface area contributed by atoms with Crippen molar-refractivity contribution in [3.8, 4) is 0 Å². The van der Waals surface area contributed by atoms with Crippen molar-refractivity contribution in [1.82, 2.24) is 10.2 Å². The fraction of sp³-hybridized carbons (Fsp3) is 0.800. The molecule has 0 aromatic heterocycles. The third-order valence-corrected chi connectivity index (χ3v) is 2.50. The van der Waals surface area contributed by atoms with E-state index in [9.17, 15) is 9.59 Å². The lowest BCUT2D eigenvalue weighted by Crippen LogP contribution is -2.44. The molecule has 0 aromatic carbocycles. The molecule has 1 N–H and O–H groups in total. The first-order valence-electron chi connectivity index (χ1n) is 5.15. The Hall–Kier alpha value is -0.900. The number of Topliss-reactive ketones (excluding diaryl/α,β-unsaturated/α-hetero) is 1. The summed E-state index contributed by atoms with van der Waals surface area (Å²) >= 11 is 0. The normalized spacial score (nSPS) is 23.6. The van der Waals surface area contributed by atoms with Crippen LogP contribution in [-0.4, -0.2) is 42.8 Å². The van der Waals surface area contributed by atoms with Gasteiger partial charge < -0.3 is 5.32 Å². The van der Waals surface area contributed by atoms with Crippen LogP contribution in [0, 0.1) is 5.92 Å². The van der Waals surface area contributed by atoms with Gasteiger partial charge in [-0.15, -0.1) is 0 Å². The predicted octanol–water partition coefficient (Wildman–Crippen LogP) is 0.0334. The number of hydrogen-bond donors (Lipinski definition) is 1. The zero-order valence-corrected chi connectivity index (χ0v) is 8.88. The van der Waals surface area contributed by atoms with Crippen LogP contribution in [0.3, 0.4) is 0 Å². The molecule has 0 aromatic rings. The SMILES string of the molecule is CCNC(=O)CN1CCC(=O)C(C)C1. The molecule has 1 aliphatic rings. The lowest BCUT2D eigenvalue weighted by atomic mass is 9.99. The number of carbonyl (C=O) groups excluding carboxylic acids is 2. The van der Waals surface area contributed by atoms with E-state index in [2.05, 4.69) is 5.32 Å². The summed E-state index contributed by atoms with van der Waals surface area (Å²) in [6, 6.07) is 0. The maximum absolute atomic E-state index is 11.3. The summed E-state index contributed by atoms with van der Waals surface area (Å²) in [5.41, 5.74) is 0. The van der Waals surface area contributed by atoms with E-state index in [4.69, 9.17) is 0 Å². The molecule has 0 spiro atoms. The Morgan fingerprint density at radius 2 is 2.36 bits per heavy atom. The number of rotatable bonds is 3. The minimum Gasteiger partial charge on any atom is -0.355 e. The molecule has 1 atom stereocenters. The minimum atomic E-state index is 0.0500. The predicted molar refractivity (Wildman–Crippen MR) is 53.9 cm³/mol. The third-order valence-electron chi connectivity index (χ3n) is 2.50. The van der Waals surface area contributed by atoms with Gasteiger partial charge in [0.1, 0.15) is 5.78 Å². The van der Waals surface area contributed by atoms with E-state index < -0.39 is 0 Å². The van der Waals surface area contributed by atoms with Gasteiger partial charge in [-0.2, -0.15) is 0 Å². The van der Waals surface area contributed by atoms with Crippen molar-refractivity contribution in [3.05, 3.63) is 0 Å². The Kier molecular flexibility index (Phi) is 4.07. The zero-order chi connectivity index (χ0) is 10.6. The molecule has 80 valence electrons. The largest absolute Gasteiger partial charge is 0.355 e. The number of amides is 1. The topological polar surface area (TPSA) is 49.4 Å². The summed E-state index contributed by atoms with van der Waals surface area (Å²) in [4.78, 5) is 24.5. The smallest absolute Gasteiger partial charge is 0.234 e. The molecule has 1 rings (SSSR count). The Balaban J connectivity index is 2.32. The highest BCUT2D eigenvalue weighted by Gasteiger charge is 2.24. The van der Waals surface area contributed by atoms with E-state index in [1.54, 1.807) is 0 Å². The van der Waals surface area contributed by atoms with Gasteiger partial charge in [-0.1, -0.05) is 6.92 Å². The highest BCUT2D eigenvalue weighted by Crippen LogP contribution is 2.11. The van der Waals surface area contributed by atoms with Crippen molar-refractivity contribution in [2.45, 2.75) is 20.3 Å². The highest BCUT2D eigenvalue weighted by atomic mass is 16.2. The Bertz CT molecular complexity index is 228. The van der Waals surface area contributed by atoms with Gasteiger partial charge in [0.2, 0.25) is 5.91 Å². The molecule has 0 aliphatic carbocycles. The van der Waals surface area contributed by atoms with E-state index in [1.165, 1.54) is 0 Å². The van der Waals surface area contributed by atoms with Crippen molar-refractivity contribution in [2.24, 2.45) is 5.92 Å². The summed E-state index contributed by atoms with van der Waals surface area (Å²) in [5, 5.41) is 2.75. The summed E-state index contributed by atoms with van der Waals surface area (Å²) in [6.45, 7) is 6.36. The van der Waals surface area contributed by atoms with Crippen molar-refractivity contribution in [2.75, 3.05) is 26.2 Å². The average molecular weight is 198 g/mol. The highest BCUT2D eigenvalue weighted by molar-refractivity contribution is 5.82. The van der Waals surface area contributed by atoms with Crippen LogP contribution in [0.5, 0.6) is 0 Å². The molecular formula is C10H18N2O2. The van der Waals surface area contributed by atoms with Crippen LogP contribution in [0.1, 0.15) is 20.3 Å². The fourth-order valence-corrected chi connectivity index (χ4v) is 1.69. The van der Waals surface area contributed by atoms with Crippen LogP contribution >= 0.6 is 0 Å². The van der Waals surface area contributed by atoms with E-state index in [0.29, 0.717) is 25.3 Å². The van der Waals surface area contributed by atoms with Crippen LogP contribution in [-0.2, 0) is 9.59 Å². The molecule has 1 aliphatic heterocycles. The zero-order valence-electron chi connectivity index (χ0n) is 8.88. The van der Waals surface area contributed by atoms with Crippen molar-refractivity contribution in [3.63, 3.8) is 0 Å². The van der Waals surface area contributed by atoms with Gasteiger partial charge in [0.15, 0.2) is 0 Å². The number of likely N-dealkylation sites (N-methyl/N-ethyl adjacent to an activating group) is 1. The van der Waals surface area contributed by atoms with Gasteiger partial charge in [0, 0.05) is 32.0 Å². The average Bonchev–Trinajstić information content (AvgIpc) is 2.12. The van der Waals surface area contributed by atoms with Gasteiger partial charge in [-0.25, -0.2) is 0 Å². The van der Waals surface area contributed by atoms with Gasteiger partial charge in [-0.05, 0) is 6.92 Å². The number of nitrogens with one attached hydrogen (secondary N) is 1. The van der Waals surface area contributed by atoms with Crippen LogP contribution < -0.4 is 5.32 Å². The van der Waals surface area contributed by atoms with Gasteiger partial charge in [-0.3, -0.25) is 14.5 Å². The number of likely N-dealkylation sites (tertiary alicyclic amines) is 1. The van der Waals surface area contributed by atoms with Gasteiger partial charge in [0.25, 0.3) is 0 Å². The van der Waals surface area contributed by atoms with Crippen LogP contribution in [0.15, 0.2) is 0 Å². The summed E-state index contributed by atoms with van der Waals surface area (Å²) in [7, 11) is 0. The molecule has 1 saturated heterocycles. The lowest BCUT2D eigenvalue weighted by molar-refractivity contribution is -0.129. The maximum atomic E-state index is 11.3.